The van der Waals surface area contributed by atoms with Crippen molar-refractivity contribution in [2.24, 2.45) is 5.92 Å². The molecule has 2 heterocycles. The first kappa shape index (κ1) is 9.93. The largest absolute Gasteiger partial charge is 0.381 e. The molecule has 0 saturated carbocycles. The summed E-state index contributed by atoms with van der Waals surface area (Å²) >= 11 is 5.91. The summed E-state index contributed by atoms with van der Waals surface area (Å²) in [6.45, 7) is 4.51. The molecule has 14 heavy (non-hydrogen) atoms. The van der Waals surface area contributed by atoms with Crippen molar-refractivity contribution in [3.63, 3.8) is 0 Å². The summed E-state index contributed by atoms with van der Waals surface area (Å²) in [5.41, 5.74) is 0. The normalized spacial score (nSPS) is 22.6. The van der Waals surface area contributed by atoms with E-state index in [4.69, 9.17) is 16.3 Å². The predicted octanol–water partition coefficient (Wildman–Crippen LogP) is 1.67. The van der Waals surface area contributed by atoms with Gasteiger partial charge in [0, 0.05) is 19.1 Å². The average molecular weight is 216 g/mol. The van der Waals surface area contributed by atoms with Crippen molar-refractivity contribution in [3.05, 3.63) is 11.1 Å². The highest BCUT2D eigenvalue weighted by Gasteiger charge is 2.17. The van der Waals surface area contributed by atoms with Crippen LogP contribution >= 0.6 is 11.6 Å². The molecule has 5 heteroatoms. The summed E-state index contributed by atoms with van der Waals surface area (Å²) in [6, 6.07) is 0. The number of hydrogen-bond donors (Lipinski definition) is 0. The summed E-state index contributed by atoms with van der Waals surface area (Å²) < 4.78 is 7.36. The van der Waals surface area contributed by atoms with Gasteiger partial charge < -0.3 is 9.30 Å². The van der Waals surface area contributed by atoms with E-state index < -0.39 is 0 Å². The summed E-state index contributed by atoms with van der Waals surface area (Å²) in [7, 11) is 0. The van der Waals surface area contributed by atoms with Gasteiger partial charge in [-0.2, -0.15) is 0 Å². The van der Waals surface area contributed by atoms with Crippen LogP contribution < -0.4 is 0 Å². The van der Waals surface area contributed by atoms with Crippen LogP contribution in [0.15, 0.2) is 0 Å². The molecule has 0 aromatic carbocycles. The summed E-state index contributed by atoms with van der Waals surface area (Å²) in [5.74, 6) is 1.43. The Kier molecular flexibility index (Phi) is 3.03. The van der Waals surface area contributed by atoms with Crippen molar-refractivity contribution in [2.45, 2.75) is 26.3 Å². The maximum absolute atomic E-state index is 5.91. The van der Waals surface area contributed by atoms with Crippen LogP contribution in [0.4, 0.5) is 0 Å². The summed E-state index contributed by atoms with van der Waals surface area (Å²) in [6.07, 6.45) is 2.34. The van der Waals surface area contributed by atoms with Gasteiger partial charge in [0.25, 0.3) is 0 Å². The molecule has 0 bridgehead atoms. The standard InChI is InChI=1S/C9H14ClN3O/c1-7-11-12-9(10)13(7)5-8-3-2-4-14-6-8/h8H,2-6H2,1H3. The molecule has 1 fully saturated rings. The molecule has 2 rings (SSSR count). The maximum Gasteiger partial charge on any atom is 0.225 e. The molecule has 0 N–H and O–H groups in total. The van der Waals surface area contributed by atoms with E-state index in [2.05, 4.69) is 10.2 Å². The molecular formula is C9H14ClN3O. The zero-order chi connectivity index (χ0) is 9.97. The van der Waals surface area contributed by atoms with Gasteiger partial charge >= 0.3 is 0 Å². The lowest BCUT2D eigenvalue weighted by Crippen LogP contribution is -2.22. The van der Waals surface area contributed by atoms with E-state index in [1.807, 2.05) is 11.5 Å². The maximum atomic E-state index is 5.91. The van der Waals surface area contributed by atoms with Crippen molar-refractivity contribution in [3.8, 4) is 0 Å². The molecule has 1 aliphatic heterocycles. The van der Waals surface area contributed by atoms with Crippen LogP contribution in [0, 0.1) is 12.8 Å². The molecule has 78 valence electrons. The smallest absolute Gasteiger partial charge is 0.225 e. The quantitative estimate of drug-likeness (QED) is 0.754. The number of halogens is 1. The van der Waals surface area contributed by atoms with Crippen LogP contribution in [0.2, 0.25) is 5.28 Å². The third kappa shape index (κ3) is 2.07. The summed E-state index contributed by atoms with van der Waals surface area (Å²) in [4.78, 5) is 0. The Morgan fingerprint density at radius 1 is 1.57 bits per heavy atom. The highest BCUT2D eigenvalue weighted by molar-refractivity contribution is 6.28. The molecule has 0 radical (unpaired) electrons. The lowest BCUT2D eigenvalue weighted by Gasteiger charge is -2.22. The lowest BCUT2D eigenvalue weighted by atomic mass is 10.0. The number of hydrogen-bond acceptors (Lipinski definition) is 3. The van der Waals surface area contributed by atoms with Crippen molar-refractivity contribution < 1.29 is 4.74 Å². The molecule has 1 aliphatic rings. The zero-order valence-corrected chi connectivity index (χ0v) is 9.00. The Hall–Kier alpha value is -0.610. The van der Waals surface area contributed by atoms with Gasteiger partial charge in [-0.1, -0.05) is 0 Å². The van der Waals surface area contributed by atoms with Crippen molar-refractivity contribution in [1.82, 2.24) is 14.8 Å². The summed E-state index contributed by atoms with van der Waals surface area (Å²) in [5, 5.41) is 8.22. The fraction of sp³-hybridized carbons (Fsp3) is 0.778. The van der Waals surface area contributed by atoms with Crippen molar-refractivity contribution >= 4 is 11.6 Å². The molecule has 1 unspecified atom stereocenters. The van der Waals surface area contributed by atoms with Gasteiger partial charge in [-0.25, -0.2) is 0 Å². The fourth-order valence-electron chi connectivity index (χ4n) is 1.77. The van der Waals surface area contributed by atoms with Crippen molar-refractivity contribution in [1.29, 1.82) is 0 Å². The molecular weight excluding hydrogens is 202 g/mol. The average Bonchev–Trinajstić information content (AvgIpc) is 2.51. The number of rotatable bonds is 2. The van der Waals surface area contributed by atoms with Crippen LogP contribution in [-0.2, 0) is 11.3 Å². The third-order valence-corrected chi connectivity index (χ3v) is 2.87. The Morgan fingerprint density at radius 3 is 3.00 bits per heavy atom. The van der Waals surface area contributed by atoms with E-state index >= 15 is 0 Å². The third-order valence-electron chi connectivity index (χ3n) is 2.59. The van der Waals surface area contributed by atoms with E-state index in [9.17, 15) is 0 Å². The second-order valence-corrected chi connectivity index (χ2v) is 4.05. The number of aromatic nitrogens is 3. The topological polar surface area (TPSA) is 39.9 Å². The van der Waals surface area contributed by atoms with Crippen LogP contribution in [0.3, 0.4) is 0 Å². The molecule has 0 spiro atoms. The predicted molar refractivity (Wildman–Crippen MR) is 53.3 cm³/mol. The Balaban J connectivity index is 2.02. The Labute approximate surface area is 88.2 Å². The van der Waals surface area contributed by atoms with E-state index in [0.717, 1.165) is 32.0 Å². The van der Waals surface area contributed by atoms with Crippen LogP contribution in [-0.4, -0.2) is 28.0 Å². The van der Waals surface area contributed by atoms with E-state index in [0.29, 0.717) is 11.2 Å². The number of aryl methyl sites for hydroxylation is 1. The molecule has 0 amide bonds. The molecule has 1 saturated heterocycles. The van der Waals surface area contributed by atoms with E-state index in [-0.39, 0.29) is 0 Å². The Bertz CT molecular complexity index is 288. The number of nitrogens with zero attached hydrogens (tertiary/aromatic N) is 3. The van der Waals surface area contributed by atoms with Gasteiger partial charge in [-0.05, 0) is 31.4 Å². The molecule has 4 nitrogen and oxygen atoms in total. The minimum absolute atomic E-state index is 0.480. The van der Waals surface area contributed by atoms with Gasteiger partial charge in [0.1, 0.15) is 5.82 Å². The zero-order valence-electron chi connectivity index (χ0n) is 8.24. The monoisotopic (exact) mass is 215 g/mol. The number of ether oxygens (including phenoxy) is 1. The van der Waals surface area contributed by atoms with Crippen LogP contribution in [0.25, 0.3) is 0 Å². The molecule has 0 aliphatic carbocycles. The van der Waals surface area contributed by atoms with Gasteiger partial charge in [-0.3, -0.25) is 0 Å². The Morgan fingerprint density at radius 2 is 2.43 bits per heavy atom. The SMILES string of the molecule is Cc1nnc(Cl)n1CC1CCCOC1. The second kappa shape index (κ2) is 4.28. The first-order chi connectivity index (χ1) is 6.77. The van der Waals surface area contributed by atoms with Gasteiger partial charge in [0.2, 0.25) is 5.28 Å². The second-order valence-electron chi connectivity index (χ2n) is 3.71. The fourth-order valence-corrected chi connectivity index (χ4v) is 2.00. The van der Waals surface area contributed by atoms with E-state index in [1.54, 1.807) is 0 Å². The highest BCUT2D eigenvalue weighted by Crippen LogP contribution is 2.18. The molecule has 1 atom stereocenters. The van der Waals surface area contributed by atoms with Gasteiger partial charge in [0.15, 0.2) is 0 Å². The van der Waals surface area contributed by atoms with Gasteiger partial charge in [-0.15, -0.1) is 10.2 Å². The van der Waals surface area contributed by atoms with Crippen LogP contribution in [0.1, 0.15) is 18.7 Å². The first-order valence-corrected chi connectivity index (χ1v) is 5.28. The molecule has 1 aromatic rings. The van der Waals surface area contributed by atoms with Crippen LogP contribution in [0.5, 0.6) is 0 Å². The first-order valence-electron chi connectivity index (χ1n) is 4.90. The minimum atomic E-state index is 0.480. The van der Waals surface area contributed by atoms with E-state index in [1.165, 1.54) is 6.42 Å². The van der Waals surface area contributed by atoms with Gasteiger partial charge in [0.05, 0.1) is 6.61 Å². The minimum Gasteiger partial charge on any atom is -0.381 e. The highest BCUT2D eigenvalue weighted by atomic mass is 35.5. The lowest BCUT2D eigenvalue weighted by molar-refractivity contribution is 0.0481. The van der Waals surface area contributed by atoms with Crippen molar-refractivity contribution in [2.75, 3.05) is 13.2 Å². The molecule has 1 aromatic heterocycles.